The summed E-state index contributed by atoms with van der Waals surface area (Å²) in [6, 6.07) is -0.306. The summed E-state index contributed by atoms with van der Waals surface area (Å²) in [5.41, 5.74) is 0. The minimum absolute atomic E-state index is 0.158. The van der Waals surface area contributed by atoms with Gasteiger partial charge >= 0.3 is 0 Å². The molecule has 74 valence electrons. The van der Waals surface area contributed by atoms with Crippen molar-refractivity contribution in [2.45, 2.75) is 6.04 Å². The molecule has 2 rings (SSSR count). The van der Waals surface area contributed by atoms with Crippen LogP contribution in [0, 0.1) is 0 Å². The lowest BCUT2D eigenvalue weighted by atomic mass is 10.2. The standard InChI is InChI=1S/C7H7Cl2N5/c1-14(2)5-3-4(11-6(8)10-3)12-7(9)13-5/h3H,1-2H3. The van der Waals surface area contributed by atoms with E-state index >= 15 is 0 Å². The zero-order valence-corrected chi connectivity index (χ0v) is 9.08. The molecule has 2 aliphatic heterocycles. The minimum atomic E-state index is -0.306. The summed E-state index contributed by atoms with van der Waals surface area (Å²) in [6.07, 6.45) is 0. The van der Waals surface area contributed by atoms with Gasteiger partial charge in [-0.25, -0.2) is 15.0 Å². The molecule has 0 radical (unpaired) electrons. The number of rotatable bonds is 0. The average Bonchev–Trinajstić information content (AvgIpc) is 2.42. The second-order valence-electron chi connectivity index (χ2n) is 3.02. The molecular formula is C7H7Cl2N5. The van der Waals surface area contributed by atoms with Gasteiger partial charge in [-0.15, -0.1) is 0 Å². The van der Waals surface area contributed by atoms with E-state index < -0.39 is 0 Å². The van der Waals surface area contributed by atoms with Crippen molar-refractivity contribution in [3.8, 4) is 0 Å². The van der Waals surface area contributed by atoms with Crippen LogP contribution >= 0.6 is 23.2 Å². The molecule has 1 atom stereocenters. The van der Waals surface area contributed by atoms with Gasteiger partial charge in [-0.2, -0.15) is 4.99 Å². The number of likely N-dealkylation sites (N-methyl/N-ethyl adjacent to an activating group) is 1. The SMILES string of the molecule is CN(C)C1=NC(Cl)=NC2=NC(Cl)=NC21. The molecular weight excluding hydrogens is 225 g/mol. The van der Waals surface area contributed by atoms with E-state index in [0.29, 0.717) is 11.7 Å². The maximum Gasteiger partial charge on any atom is 0.225 e. The summed E-state index contributed by atoms with van der Waals surface area (Å²) >= 11 is 11.4. The van der Waals surface area contributed by atoms with E-state index in [1.807, 2.05) is 19.0 Å². The molecule has 2 aliphatic rings. The highest BCUT2D eigenvalue weighted by atomic mass is 35.5. The van der Waals surface area contributed by atoms with E-state index in [9.17, 15) is 0 Å². The minimum Gasteiger partial charge on any atom is -0.364 e. The number of halogens is 2. The van der Waals surface area contributed by atoms with Crippen molar-refractivity contribution in [1.29, 1.82) is 0 Å². The Morgan fingerprint density at radius 2 is 1.79 bits per heavy atom. The lowest BCUT2D eigenvalue weighted by molar-refractivity contribution is 0.604. The van der Waals surface area contributed by atoms with Crippen molar-refractivity contribution in [3.05, 3.63) is 0 Å². The van der Waals surface area contributed by atoms with Gasteiger partial charge in [0.2, 0.25) is 10.6 Å². The number of hydrogen-bond acceptors (Lipinski definition) is 5. The van der Waals surface area contributed by atoms with Crippen molar-refractivity contribution in [2.75, 3.05) is 14.1 Å². The summed E-state index contributed by atoms with van der Waals surface area (Å²) in [6.45, 7) is 0. The fourth-order valence-corrected chi connectivity index (χ4v) is 1.59. The van der Waals surface area contributed by atoms with Gasteiger partial charge in [0.25, 0.3) is 0 Å². The molecule has 5 nitrogen and oxygen atoms in total. The highest BCUT2D eigenvalue weighted by Crippen LogP contribution is 2.17. The molecule has 14 heavy (non-hydrogen) atoms. The van der Waals surface area contributed by atoms with Gasteiger partial charge < -0.3 is 4.90 Å². The van der Waals surface area contributed by atoms with Crippen LogP contribution < -0.4 is 0 Å². The topological polar surface area (TPSA) is 52.7 Å². The third kappa shape index (κ3) is 1.53. The first kappa shape index (κ1) is 9.61. The summed E-state index contributed by atoms with van der Waals surface area (Å²) in [5.74, 6) is 1.19. The van der Waals surface area contributed by atoms with Gasteiger partial charge in [-0.1, -0.05) is 0 Å². The summed E-state index contributed by atoms with van der Waals surface area (Å²) in [5, 5.41) is 0.347. The molecule has 0 aromatic heterocycles. The van der Waals surface area contributed by atoms with E-state index in [2.05, 4.69) is 20.0 Å². The molecule has 1 unspecified atom stereocenters. The maximum atomic E-state index is 5.73. The van der Waals surface area contributed by atoms with Crippen molar-refractivity contribution in [3.63, 3.8) is 0 Å². The van der Waals surface area contributed by atoms with Crippen LogP contribution in [0.4, 0.5) is 0 Å². The lowest BCUT2D eigenvalue weighted by Gasteiger charge is -2.21. The molecule has 0 aromatic carbocycles. The van der Waals surface area contributed by atoms with Crippen molar-refractivity contribution in [1.82, 2.24) is 4.90 Å². The van der Waals surface area contributed by atoms with Crippen molar-refractivity contribution >= 4 is 45.5 Å². The largest absolute Gasteiger partial charge is 0.364 e. The predicted octanol–water partition coefficient (Wildman–Crippen LogP) is 0.930. The molecule has 0 fully saturated rings. The Hall–Kier alpha value is -0.940. The fourth-order valence-electron chi connectivity index (χ4n) is 1.23. The van der Waals surface area contributed by atoms with Gasteiger partial charge in [0.15, 0.2) is 11.9 Å². The van der Waals surface area contributed by atoms with Crippen LogP contribution in [0.25, 0.3) is 0 Å². The molecule has 0 N–H and O–H groups in total. The second kappa shape index (κ2) is 3.33. The molecule has 7 heteroatoms. The Kier molecular flexibility index (Phi) is 2.28. The Labute approximate surface area is 90.9 Å². The quantitative estimate of drug-likeness (QED) is 0.573. The molecule has 0 spiro atoms. The molecule has 0 amide bonds. The molecule has 0 aliphatic carbocycles. The fraction of sp³-hybridized carbons (Fsp3) is 0.429. The third-order valence-corrected chi connectivity index (χ3v) is 2.15. The van der Waals surface area contributed by atoms with Crippen LogP contribution in [0.15, 0.2) is 20.0 Å². The van der Waals surface area contributed by atoms with Crippen LogP contribution in [0.1, 0.15) is 0 Å². The smallest absolute Gasteiger partial charge is 0.225 e. The van der Waals surface area contributed by atoms with E-state index in [-0.39, 0.29) is 16.6 Å². The number of amidine groups is 4. The Balaban J connectivity index is 2.43. The van der Waals surface area contributed by atoms with Gasteiger partial charge in [0, 0.05) is 14.1 Å². The van der Waals surface area contributed by atoms with Crippen LogP contribution in [0.3, 0.4) is 0 Å². The Morgan fingerprint density at radius 3 is 2.43 bits per heavy atom. The van der Waals surface area contributed by atoms with Crippen LogP contribution in [0.2, 0.25) is 0 Å². The molecule has 0 bridgehead atoms. The normalized spacial score (nSPS) is 24.7. The number of aliphatic imine (C=N–C) groups is 4. The second-order valence-corrected chi connectivity index (χ2v) is 3.69. The average molecular weight is 232 g/mol. The van der Waals surface area contributed by atoms with E-state index in [0.717, 1.165) is 0 Å². The molecule has 0 saturated carbocycles. The van der Waals surface area contributed by atoms with E-state index in [1.165, 1.54) is 0 Å². The summed E-state index contributed by atoms with van der Waals surface area (Å²) in [4.78, 5) is 17.9. The van der Waals surface area contributed by atoms with Gasteiger partial charge in [0.1, 0.15) is 5.84 Å². The maximum absolute atomic E-state index is 5.73. The van der Waals surface area contributed by atoms with Crippen LogP contribution in [0.5, 0.6) is 0 Å². The van der Waals surface area contributed by atoms with Crippen LogP contribution in [-0.4, -0.2) is 47.3 Å². The first-order chi connectivity index (χ1) is 6.58. The lowest BCUT2D eigenvalue weighted by Crippen LogP contribution is -2.39. The molecule has 0 aromatic rings. The first-order valence-electron chi connectivity index (χ1n) is 3.90. The molecule has 2 heterocycles. The van der Waals surface area contributed by atoms with Gasteiger partial charge in [0.05, 0.1) is 0 Å². The zero-order valence-electron chi connectivity index (χ0n) is 7.57. The predicted molar refractivity (Wildman–Crippen MR) is 58.9 cm³/mol. The molecule has 0 saturated heterocycles. The summed E-state index contributed by atoms with van der Waals surface area (Å²) in [7, 11) is 3.71. The van der Waals surface area contributed by atoms with Gasteiger partial charge in [-0.05, 0) is 23.2 Å². The van der Waals surface area contributed by atoms with Crippen molar-refractivity contribution in [2.24, 2.45) is 20.0 Å². The Morgan fingerprint density at radius 1 is 1.07 bits per heavy atom. The van der Waals surface area contributed by atoms with E-state index in [1.54, 1.807) is 0 Å². The Bertz CT molecular complexity index is 393. The summed E-state index contributed by atoms with van der Waals surface area (Å²) < 4.78 is 0. The van der Waals surface area contributed by atoms with E-state index in [4.69, 9.17) is 23.2 Å². The monoisotopic (exact) mass is 231 g/mol. The number of hydrogen-bond donors (Lipinski definition) is 0. The first-order valence-corrected chi connectivity index (χ1v) is 4.65. The van der Waals surface area contributed by atoms with Crippen molar-refractivity contribution < 1.29 is 0 Å². The highest BCUT2D eigenvalue weighted by molar-refractivity contribution is 6.69. The number of fused-ring (bicyclic) bond motifs is 1. The zero-order chi connectivity index (χ0) is 10.3. The highest BCUT2D eigenvalue weighted by Gasteiger charge is 2.31. The van der Waals surface area contributed by atoms with Crippen LogP contribution in [-0.2, 0) is 0 Å². The van der Waals surface area contributed by atoms with Gasteiger partial charge in [-0.3, -0.25) is 0 Å². The number of nitrogens with zero attached hydrogens (tertiary/aromatic N) is 5. The third-order valence-electron chi connectivity index (χ3n) is 1.80.